The zero-order valence-electron chi connectivity index (χ0n) is 19.4. The number of nitrogens with zero attached hydrogens (tertiary/aromatic N) is 2. The van der Waals surface area contributed by atoms with Crippen LogP contribution in [0.15, 0.2) is 42.7 Å². The van der Waals surface area contributed by atoms with Gasteiger partial charge in [0.1, 0.15) is 11.7 Å². The zero-order chi connectivity index (χ0) is 23.4. The molecule has 32 heavy (non-hydrogen) atoms. The minimum Gasteiger partial charge on any atom is -0.493 e. The van der Waals surface area contributed by atoms with Gasteiger partial charge in [-0.15, -0.1) is 0 Å². The van der Waals surface area contributed by atoms with E-state index in [1.807, 2.05) is 27.1 Å². The van der Waals surface area contributed by atoms with E-state index in [0.29, 0.717) is 42.5 Å². The summed E-state index contributed by atoms with van der Waals surface area (Å²) in [4.78, 5) is 46.3. The number of carbonyl (C=O) groups excluding carboxylic acids is 3. The van der Waals surface area contributed by atoms with Gasteiger partial charge in [-0.25, -0.2) is 0 Å². The van der Waals surface area contributed by atoms with Crippen molar-refractivity contribution in [2.75, 3.05) is 33.8 Å². The molecule has 170 valence electrons. The summed E-state index contributed by atoms with van der Waals surface area (Å²) in [6, 6.07) is 8.09. The topological polar surface area (TPSA) is 81.0 Å². The number of ketones is 2. The summed E-state index contributed by atoms with van der Waals surface area (Å²) in [7, 11) is 3.96. The Hall–Kier alpha value is -3.06. The van der Waals surface area contributed by atoms with E-state index < -0.39 is 23.7 Å². The Morgan fingerprint density at radius 1 is 1.22 bits per heavy atom. The number of quaternary nitrogens is 1. The molecule has 0 spiro atoms. The Balaban J connectivity index is 1.94. The van der Waals surface area contributed by atoms with Crippen LogP contribution in [0.2, 0.25) is 0 Å². The van der Waals surface area contributed by atoms with E-state index in [-0.39, 0.29) is 5.78 Å². The molecule has 1 aromatic heterocycles. The second-order valence-corrected chi connectivity index (χ2v) is 9.08. The first-order chi connectivity index (χ1) is 15.2. The molecule has 2 unspecified atom stereocenters. The van der Waals surface area contributed by atoms with Crippen LogP contribution in [0.25, 0.3) is 0 Å². The molecule has 0 bridgehead atoms. The van der Waals surface area contributed by atoms with Gasteiger partial charge in [-0.2, -0.15) is 0 Å². The summed E-state index contributed by atoms with van der Waals surface area (Å²) < 4.78 is 5.81. The fourth-order valence-electron chi connectivity index (χ4n) is 3.90. The molecule has 2 aromatic rings. The van der Waals surface area contributed by atoms with Crippen LogP contribution in [0.1, 0.15) is 41.4 Å². The van der Waals surface area contributed by atoms with Gasteiger partial charge in [-0.1, -0.05) is 19.9 Å². The Labute approximate surface area is 189 Å². The molecule has 0 aliphatic carbocycles. The van der Waals surface area contributed by atoms with E-state index in [4.69, 9.17) is 4.74 Å². The molecule has 2 heterocycles. The van der Waals surface area contributed by atoms with Crippen molar-refractivity contribution in [1.82, 2.24) is 9.88 Å². The number of pyridine rings is 1. The van der Waals surface area contributed by atoms with Gasteiger partial charge in [0.15, 0.2) is 5.78 Å². The molecule has 0 saturated carbocycles. The van der Waals surface area contributed by atoms with Crippen molar-refractivity contribution in [3.05, 3.63) is 59.4 Å². The van der Waals surface area contributed by atoms with Gasteiger partial charge in [-0.3, -0.25) is 19.4 Å². The molecule has 1 saturated heterocycles. The lowest BCUT2D eigenvalue weighted by molar-refractivity contribution is -0.857. The average molecular weight is 439 g/mol. The number of amides is 1. The van der Waals surface area contributed by atoms with Crippen molar-refractivity contribution in [1.29, 1.82) is 0 Å². The highest BCUT2D eigenvalue weighted by atomic mass is 16.5. The summed E-state index contributed by atoms with van der Waals surface area (Å²) >= 11 is 0. The van der Waals surface area contributed by atoms with Gasteiger partial charge in [0.25, 0.3) is 5.91 Å². The summed E-state index contributed by atoms with van der Waals surface area (Å²) in [5.41, 5.74) is 1.91. The van der Waals surface area contributed by atoms with Crippen LogP contribution in [-0.2, 0) is 9.59 Å². The second-order valence-electron chi connectivity index (χ2n) is 9.08. The van der Waals surface area contributed by atoms with E-state index in [0.717, 1.165) is 10.5 Å². The lowest BCUT2D eigenvalue weighted by Gasteiger charge is -2.27. The van der Waals surface area contributed by atoms with Crippen molar-refractivity contribution >= 4 is 17.5 Å². The minimum atomic E-state index is -1.09. The van der Waals surface area contributed by atoms with Gasteiger partial charge in [0, 0.05) is 18.0 Å². The fourth-order valence-corrected chi connectivity index (χ4v) is 3.90. The maximum atomic E-state index is 13.5. The Bertz CT molecular complexity index is 988. The molecule has 7 heteroatoms. The zero-order valence-corrected chi connectivity index (χ0v) is 19.4. The largest absolute Gasteiger partial charge is 0.493 e. The molecule has 1 amide bonds. The number of likely N-dealkylation sites (tertiary alicyclic amines) is 1. The SMILES string of the molecule is Cc1cc(C(=O)C2C(=O)C(=O)N(CC[NH+](C)C)C2c2cccnc2)ccc1OCC(C)C. The number of nitrogens with one attached hydrogen (secondary N) is 1. The number of benzene rings is 1. The number of hydrogen-bond acceptors (Lipinski definition) is 5. The third-order valence-corrected chi connectivity index (χ3v) is 5.60. The van der Waals surface area contributed by atoms with Crippen LogP contribution in [0, 0.1) is 18.8 Å². The molecule has 3 rings (SSSR count). The van der Waals surface area contributed by atoms with E-state index in [2.05, 4.69) is 18.8 Å². The number of Topliss-reactive ketones (excluding diaryl/α,β-unsaturated/α-hetero) is 2. The normalized spacial score (nSPS) is 18.7. The lowest BCUT2D eigenvalue weighted by Crippen LogP contribution is -3.06. The summed E-state index contributed by atoms with van der Waals surface area (Å²) in [6.07, 6.45) is 3.26. The highest BCUT2D eigenvalue weighted by molar-refractivity contribution is 6.44. The summed E-state index contributed by atoms with van der Waals surface area (Å²) in [6.45, 7) is 7.64. The smallest absolute Gasteiger partial charge is 0.291 e. The predicted octanol–water partition coefficient (Wildman–Crippen LogP) is 1.52. The van der Waals surface area contributed by atoms with Crippen molar-refractivity contribution < 1.29 is 24.0 Å². The third-order valence-electron chi connectivity index (χ3n) is 5.60. The third kappa shape index (κ3) is 5.05. The monoisotopic (exact) mass is 438 g/mol. The average Bonchev–Trinajstić information content (AvgIpc) is 3.01. The van der Waals surface area contributed by atoms with Gasteiger partial charge in [-0.05, 0) is 48.2 Å². The molecule has 1 fully saturated rings. The lowest BCUT2D eigenvalue weighted by atomic mass is 9.86. The van der Waals surface area contributed by atoms with E-state index >= 15 is 0 Å². The Morgan fingerprint density at radius 3 is 2.56 bits per heavy atom. The maximum absolute atomic E-state index is 13.5. The van der Waals surface area contributed by atoms with Gasteiger partial charge < -0.3 is 14.5 Å². The van der Waals surface area contributed by atoms with Crippen molar-refractivity contribution in [2.45, 2.75) is 26.8 Å². The van der Waals surface area contributed by atoms with Gasteiger partial charge >= 0.3 is 0 Å². The van der Waals surface area contributed by atoms with Gasteiger partial charge in [0.05, 0.1) is 39.8 Å². The molecule has 1 aliphatic rings. The molecular weight excluding hydrogens is 406 g/mol. The molecule has 7 nitrogen and oxygen atoms in total. The van der Waals surface area contributed by atoms with Crippen molar-refractivity contribution in [3.63, 3.8) is 0 Å². The number of aryl methyl sites for hydroxylation is 1. The number of ether oxygens (including phenoxy) is 1. The minimum absolute atomic E-state index is 0.351. The van der Waals surface area contributed by atoms with E-state index in [9.17, 15) is 14.4 Å². The van der Waals surface area contributed by atoms with Crippen LogP contribution in [0.4, 0.5) is 0 Å². The van der Waals surface area contributed by atoms with Gasteiger partial charge in [0.2, 0.25) is 5.78 Å². The Morgan fingerprint density at radius 2 is 1.97 bits per heavy atom. The molecule has 1 aliphatic heterocycles. The standard InChI is InChI=1S/C25H31N3O4/c1-16(2)15-32-20-9-8-18(13-17(20)3)23(29)21-22(19-7-6-10-26-14-19)28(12-11-27(4)5)25(31)24(21)30/h6-10,13-14,16,21-22H,11-12,15H2,1-5H3/p+1. The van der Waals surface area contributed by atoms with Crippen LogP contribution < -0.4 is 9.64 Å². The highest BCUT2D eigenvalue weighted by Gasteiger charge is 2.51. The predicted molar refractivity (Wildman–Crippen MR) is 121 cm³/mol. The maximum Gasteiger partial charge on any atom is 0.291 e. The fraction of sp³-hybridized carbons (Fsp3) is 0.440. The molecule has 1 aromatic carbocycles. The number of aromatic nitrogens is 1. The first-order valence-electron chi connectivity index (χ1n) is 11.0. The molecule has 2 atom stereocenters. The first kappa shape index (κ1) is 23.6. The van der Waals surface area contributed by atoms with Crippen LogP contribution in [0.5, 0.6) is 5.75 Å². The quantitative estimate of drug-likeness (QED) is 0.365. The molecule has 0 radical (unpaired) electrons. The number of rotatable bonds is 9. The molecule has 1 N–H and O–H groups in total. The van der Waals surface area contributed by atoms with Crippen LogP contribution in [0.3, 0.4) is 0 Å². The van der Waals surface area contributed by atoms with E-state index in [1.54, 1.807) is 36.7 Å². The number of carbonyl (C=O) groups is 3. The second kappa shape index (κ2) is 10.0. The van der Waals surface area contributed by atoms with Crippen molar-refractivity contribution in [3.8, 4) is 5.75 Å². The highest BCUT2D eigenvalue weighted by Crippen LogP contribution is 2.38. The summed E-state index contributed by atoms with van der Waals surface area (Å²) in [5.74, 6) is -1.61. The summed E-state index contributed by atoms with van der Waals surface area (Å²) in [5, 5.41) is 0. The van der Waals surface area contributed by atoms with Crippen LogP contribution in [-0.4, -0.2) is 61.1 Å². The molecular formula is C25H32N3O4+. The number of likely N-dealkylation sites (N-methyl/N-ethyl adjacent to an activating group) is 1. The van der Waals surface area contributed by atoms with E-state index in [1.165, 1.54) is 4.90 Å². The Kier molecular flexibility index (Phi) is 7.40. The van der Waals surface area contributed by atoms with Crippen LogP contribution >= 0.6 is 0 Å². The number of hydrogen-bond donors (Lipinski definition) is 1. The first-order valence-corrected chi connectivity index (χ1v) is 11.0. The van der Waals surface area contributed by atoms with Crippen molar-refractivity contribution in [2.24, 2.45) is 11.8 Å².